The first kappa shape index (κ1) is 25.6. The molecule has 0 spiro atoms. The number of hydrogen-bond donors (Lipinski definition) is 0. The molecule has 9 nitrogen and oxygen atoms in total. The lowest BCUT2D eigenvalue weighted by molar-refractivity contribution is -0.122. The van der Waals surface area contributed by atoms with E-state index in [4.69, 9.17) is 9.47 Å². The first-order chi connectivity index (χ1) is 19.4. The van der Waals surface area contributed by atoms with Gasteiger partial charge in [-0.2, -0.15) is 0 Å². The van der Waals surface area contributed by atoms with Crippen LogP contribution in [0.15, 0.2) is 70.5 Å². The standard InChI is InChI=1S/C31H28N4O5/c1-18-13-22-16-26(20-7-5-4-6-8-20)35-27(22)23(14-18)17-32-28(30(35)37)34-19(2)33-25-15-21(9-10-24(25)29(34)36)31(38)40-12-11-39-3/h4-10,13-15,17,26,28H,11-12,16H2,1-3H3. The van der Waals surface area contributed by atoms with Gasteiger partial charge >= 0.3 is 5.97 Å². The topological polar surface area (TPSA) is 103 Å². The summed E-state index contributed by atoms with van der Waals surface area (Å²) in [5.41, 5.74) is 5.07. The van der Waals surface area contributed by atoms with Crippen LogP contribution in [0.5, 0.6) is 0 Å². The van der Waals surface area contributed by atoms with Crippen molar-refractivity contribution in [1.82, 2.24) is 9.55 Å². The second-order valence-electron chi connectivity index (χ2n) is 10.0. The van der Waals surface area contributed by atoms with E-state index in [1.165, 1.54) is 29.9 Å². The Labute approximate surface area is 230 Å². The van der Waals surface area contributed by atoms with Gasteiger partial charge in [-0.15, -0.1) is 0 Å². The fraction of sp³-hybridized carbons (Fsp3) is 0.258. The molecule has 2 aliphatic rings. The van der Waals surface area contributed by atoms with Crippen molar-refractivity contribution >= 4 is 34.7 Å². The van der Waals surface area contributed by atoms with Gasteiger partial charge in [-0.25, -0.2) is 9.78 Å². The number of carbonyl (C=O) groups excluding carboxylic acids is 2. The summed E-state index contributed by atoms with van der Waals surface area (Å²) >= 11 is 0. The summed E-state index contributed by atoms with van der Waals surface area (Å²) in [6.45, 7) is 4.09. The number of methoxy groups -OCH3 is 1. The maximum atomic E-state index is 14.3. The van der Waals surface area contributed by atoms with Crippen molar-refractivity contribution in [2.45, 2.75) is 32.5 Å². The van der Waals surface area contributed by atoms with Crippen LogP contribution in [0.4, 0.5) is 5.69 Å². The Bertz CT molecular complexity index is 1740. The molecule has 4 aromatic rings. The Morgan fingerprint density at radius 1 is 1.02 bits per heavy atom. The zero-order chi connectivity index (χ0) is 28.0. The molecule has 1 aromatic heterocycles. The first-order valence-corrected chi connectivity index (χ1v) is 13.1. The molecular weight excluding hydrogens is 508 g/mol. The van der Waals surface area contributed by atoms with Gasteiger partial charge in [-0.1, -0.05) is 42.0 Å². The summed E-state index contributed by atoms with van der Waals surface area (Å²) in [6.07, 6.45) is 1.23. The van der Waals surface area contributed by atoms with Gasteiger partial charge in [0.1, 0.15) is 12.4 Å². The van der Waals surface area contributed by atoms with Crippen LogP contribution in [0.25, 0.3) is 10.9 Å². The maximum absolute atomic E-state index is 14.3. The number of ether oxygens (including phenoxy) is 2. The summed E-state index contributed by atoms with van der Waals surface area (Å²) in [7, 11) is 1.52. The van der Waals surface area contributed by atoms with Gasteiger partial charge in [0.25, 0.3) is 11.5 Å². The van der Waals surface area contributed by atoms with E-state index in [2.05, 4.69) is 16.0 Å². The van der Waals surface area contributed by atoms with E-state index in [0.29, 0.717) is 17.8 Å². The van der Waals surface area contributed by atoms with Gasteiger partial charge in [0.15, 0.2) is 0 Å². The van der Waals surface area contributed by atoms with Crippen molar-refractivity contribution in [2.24, 2.45) is 4.99 Å². The van der Waals surface area contributed by atoms with Crippen LogP contribution in [0.1, 0.15) is 50.6 Å². The maximum Gasteiger partial charge on any atom is 0.338 e. The number of aromatic nitrogens is 2. The summed E-state index contributed by atoms with van der Waals surface area (Å²) in [5, 5.41) is 0.279. The van der Waals surface area contributed by atoms with Gasteiger partial charge < -0.3 is 14.4 Å². The molecule has 6 rings (SSSR count). The minimum absolute atomic E-state index is 0.118. The van der Waals surface area contributed by atoms with Crippen LogP contribution in [0.2, 0.25) is 0 Å². The van der Waals surface area contributed by atoms with E-state index >= 15 is 0 Å². The molecule has 0 saturated heterocycles. The Balaban J connectivity index is 1.44. The monoisotopic (exact) mass is 536 g/mol. The van der Waals surface area contributed by atoms with Gasteiger partial charge in [-0.3, -0.25) is 19.1 Å². The highest BCUT2D eigenvalue weighted by Crippen LogP contribution is 2.45. The van der Waals surface area contributed by atoms with E-state index in [9.17, 15) is 14.4 Å². The van der Waals surface area contributed by atoms with Crippen molar-refractivity contribution in [1.29, 1.82) is 0 Å². The average molecular weight is 537 g/mol. The van der Waals surface area contributed by atoms with Crippen LogP contribution in [-0.2, 0) is 20.7 Å². The Morgan fingerprint density at radius 3 is 2.60 bits per heavy atom. The number of nitrogens with zero attached hydrogens (tertiary/aromatic N) is 4. The van der Waals surface area contributed by atoms with Gasteiger partial charge in [0.05, 0.1) is 34.8 Å². The summed E-state index contributed by atoms with van der Waals surface area (Å²) in [5.74, 6) is -0.511. The number of esters is 1. The highest BCUT2D eigenvalue weighted by atomic mass is 16.6. The molecule has 40 heavy (non-hydrogen) atoms. The number of aryl methyl sites for hydroxylation is 2. The second-order valence-corrected chi connectivity index (χ2v) is 10.0. The van der Waals surface area contributed by atoms with Crippen LogP contribution in [0.3, 0.4) is 0 Å². The predicted molar refractivity (Wildman–Crippen MR) is 151 cm³/mol. The minimum Gasteiger partial charge on any atom is -0.460 e. The van der Waals surface area contributed by atoms with Gasteiger partial charge in [-0.05, 0) is 55.7 Å². The number of fused-ring (bicyclic) bond motifs is 1. The fourth-order valence-electron chi connectivity index (χ4n) is 5.64. The second kappa shape index (κ2) is 10.2. The van der Waals surface area contributed by atoms with E-state index in [0.717, 1.165) is 27.9 Å². The fourth-order valence-corrected chi connectivity index (χ4v) is 5.64. The zero-order valence-electron chi connectivity index (χ0n) is 22.5. The van der Waals surface area contributed by atoms with Crippen LogP contribution >= 0.6 is 0 Å². The van der Waals surface area contributed by atoms with Crippen molar-refractivity contribution in [3.63, 3.8) is 0 Å². The Hall–Kier alpha value is -4.63. The smallest absolute Gasteiger partial charge is 0.338 e. The third-order valence-electron chi connectivity index (χ3n) is 7.40. The Morgan fingerprint density at radius 2 is 1.82 bits per heavy atom. The lowest BCUT2D eigenvalue weighted by Gasteiger charge is -2.29. The molecule has 9 heteroatoms. The molecule has 2 unspecified atom stereocenters. The summed E-state index contributed by atoms with van der Waals surface area (Å²) < 4.78 is 11.5. The summed E-state index contributed by atoms with van der Waals surface area (Å²) in [6, 6.07) is 18.4. The van der Waals surface area contributed by atoms with E-state index in [1.807, 2.05) is 43.3 Å². The molecule has 0 radical (unpaired) electrons. The molecule has 0 aliphatic carbocycles. The SMILES string of the molecule is COCCOC(=O)c1ccc2c(=O)n(C3N=Cc4cc(C)cc5c4N(C3=O)C(c3ccccc3)C5)c(C)nc2c1. The zero-order valence-corrected chi connectivity index (χ0v) is 22.5. The van der Waals surface area contributed by atoms with Crippen LogP contribution in [0, 0.1) is 13.8 Å². The number of rotatable bonds is 6. The molecule has 0 N–H and O–H groups in total. The van der Waals surface area contributed by atoms with E-state index in [1.54, 1.807) is 18.0 Å². The molecule has 3 aromatic carbocycles. The molecule has 0 saturated carbocycles. The normalized spacial score (nSPS) is 17.7. The number of carbonyl (C=O) groups is 2. The van der Waals surface area contributed by atoms with Gasteiger partial charge in [0.2, 0.25) is 6.17 Å². The number of hydrogen-bond acceptors (Lipinski definition) is 7. The third kappa shape index (κ3) is 4.28. The highest BCUT2D eigenvalue weighted by molar-refractivity contribution is 6.07. The van der Waals surface area contributed by atoms with E-state index in [-0.39, 0.29) is 36.1 Å². The molecule has 202 valence electrons. The lowest BCUT2D eigenvalue weighted by atomic mass is 10.0. The Kier molecular flexibility index (Phi) is 6.51. The third-order valence-corrected chi connectivity index (χ3v) is 7.40. The lowest BCUT2D eigenvalue weighted by Crippen LogP contribution is -2.41. The molecule has 0 fully saturated rings. The summed E-state index contributed by atoms with van der Waals surface area (Å²) in [4.78, 5) is 51.6. The van der Waals surface area contributed by atoms with Crippen LogP contribution in [-0.4, -0.2) is 48.0 Å². The quantitative estimate of drug-likeness (QED) is 0.272. The van der Waals surface area contributed by atoms with Crippen molar-refractivity contribution < 1.29 is 19.1 Å². The van der Waals surface area contributed by atoms with Crippen molar-refractivity contribution in [2.75, 3.05) is 25.2 Å². The van der Waals surface area contributed by atoms with Gasteiger partial charge in [0, 0.05) is 18.9 Å². The van der Waals surface area contributed by atoms with Crippen molar-refractivity contribution in [3.05, 3.63) is 105 Å². The number of anilines is 1. The minimum atomic E-state index is -1.13. The van der Waals surface area contributed by atoms with Crippen molar-refractivity contribution in [3.8, 4) is 0 Å². The molecular formula is C31H28N4O5. The van der Waals surface area contributed by atoms with E-state index < -0.39 is 17.7 Å². The predicted octanol–water partition coefficient (Wildman–Crippen LogP) is 4.08. The number of benzene rings is 3. The molecule has 1 amide bonds. The number of amides is 1. The first-order valence-electron chi connectivity index (χ1n) is 13.1. The molecule has 0 bridgehead atoms. The number of aliphatic imine (C=N–C) groups is 1. The van der Waals surface area contributed by atoms with Crippen LogP contribution < -0.4 is 10.5 Å². The average Bonchev–Trinajstić information content (AvgIpc) is 3.27. The largest absolute Gasteiger partial charge is 0.460 e. The molecule has 2 aliphatic heterocycles. The highest BCUT2D eigenvalue weighted by Gasteiger charge is 2.42. The molecule has 2 atom stereocenters. The molecule has 3 heterocycles.